The van der Waals surface area contributed by atoms with E-state index in [1.165, 1.54) is 0 Å². The van der Waals surface area contributed by atoms with Gasteiger partial charge in [-0.25, -0.2) is 0 Å². The lowest BCUT2D eigenvalue weighted by Gasteiger charge is -2.16. The Morgan fingerprint density at radius 1 is 1.20 bits per heavy atom. The highest BCUT2D eigenvalue weighted by atomic mass is 35.5. The van der Waals surface area contributed by atoms with Crippen molar-refractivity contribution in [3.05, 3.63) is 53.1 Å². The molecule has 0 radical (unpaired) electrons. The number of benzene rings is 2. The third-order valence-electron chi connectivity index (χ3n) is 3.54. The van der Waals surface area contributed by atoms with Gasteiger partial charge in [-0.3, -0.25) is 4.79 Å². The van der Waals surface area contributed by atoms with Crippen LogP contribution in [-0.4, -0.2) is 32.3 Å². The molecule has 2 aromatic rings. The number of carbonyl (C=O) groups is 1. The number of aryl methyl sites for hydroxylation is 1. The molecule has 1 atom stereocenters. The van der Waals surface area contributed by atoms with Gasteiger partial charge in [0.1, 0.15) is 12.4 Å². The van der Waals surface area contributed by atoms with Crippen molar-refractivity contribution < 1.29 is 19.0 Å². The first-order valence-corrected chi connectivity index (χ1v) is 8.35. The van der Waals surface area contributed by atoms with Gasteiger partial charge in [-0.2, -0.15) is 0 Å². The average molecular weight is 364 g/mol. The number of halogens is 1. The molecule has 0 aromatic heterocycles. The molecule has 2 aromatic carbocycles. The summed E-state index contributed by atoms with van der Waals surface area (Å²) in [7, 11) is 1.58. The predicted octanol–water partition coefficient (Wildman–Crippen LogP) is 3.62. The number of para-hydroxylation sites is 2. The Morgan fingerprint density at radius 3 is 2.60 bits per heavy atom. The largest absolute Gasteiger partial charge is 0.493 e. The first-order chi connectivity index (χ1) is 12.0. The van der Waals surface area contributed by atoms with Gasteiger partial charge in [0, 0.05) is 5.02 Å². The molecule has 0 saturated heterocycles. The Morgan fingerprint density at radius 2 is 1.92 bits per heavy atom. The second kappa shape index (κ2) is 9.18. The van der Waals surface area contributed by atoms with Crippen LogP contribution >= 0.6 is 11.6 Å². The quantitative estimate of drug-likeness (QED) is 0.728. The average Bonchev–Trinajstić information content (AvgIpc) is 2.62. The molecule has 1 N–H and O–H groups in total. The second-order valence-electron chi connectivity index (χ2n) is 5.46. The summed E-state index contributed by atoms with van der Waals surface area (Å²) in [4.78, 5) is 12.1. The first kappa shape index (κ1) is 18.9. The van der Waals surface area contributed by atoms with Gasteiger partial charge in [-0.15, -0.1) is 0 Å². The van der Waals surface area contributed by atoms with E-state index in [1.807, 2.05) is 31.2 Å². The van der Waals surface area contributed by atoms with Crippen molar-refractivity contribution >= 4 is 17.5 Å². The van der Waals surface area contributed by atoms with E-state index in [0.29, 0.717) is 35.4 Å². The molecular weight excluding hydrogens is 342 g/mol. The SMILES string of the molecule is COc1ccccc1OCCNC(=O)[C@@H](C)Oc1ccc(Cl)c(C)c1. The summed E-state index contributed by atoms with van der Waals surface area (Å²) in [6.45, 7) is 4.28. The van der Waals surface area contributed by atoms with Crippen LogP contribution in [0.5, 0.6) is 17.2 Å². The number of carbonyl (C=O) groups excluding carboxylic acids is 1. The van der Waals surface area contributed by atoms with Gasteiger partial charge in [0.25, 0.3) is 5.91 Å². The minimum Gasteiger partial charge on any atom is -0.493 e. The highest BCUT2D eigenvalue weighted by molar-refractivity contribution is 6.31. The van der Waals surface area contributed by atoms with Crippen molar-refractivity contribution in [1.29, 1.82) is 0 Å². The molecule has 0 aliphatic rings. The minimum absolute atomic E-state index is 0.212. The lowest BCUT2D eigenvalue weighted by molar-refractivity contribution is -0.127. The van der Waals surface area contributed by atoms with E-state index in [0.717, 1.165) is 5.56 Å². The van der Waals surface area contributed by atoms with E-state index in [9.17, 15) is 4.79 Å². The highest BCUT2D eigenvalue weighted by Gasteiger charge is 2.14. The van der Waals surface area contributed by atoms with Crippen molar-refractivity contribution in [2.45, 2.75) is 20.0 Å². The fourth-order valence-corrected chi connectivity index (χ4v) is 2.28. The fourth-order valence-electron chi connectivity index (χ4n) is 2.17. The number of ether oxygens (including phenoxy) is 3. The zero-order valence-electron chi connectivity index (χ0n) is 14.5. The summed E-state index contributed by atoms with van der Waals surface area (Å²) in [5.74, 6) is 1.69. The molecule has 2 rings (SSSR count). The van der Waals surface area contributed by atoms with Crippen molar-refractivity contribution in [2.75, 3.05) is 20.3 Å². The third kappa shape index (κ3) is 5.57. The van der Waals surface area contributed by atoms with E-state index in [2.05, 4.69) is 5.32 Å². The third-order valence-corrected chi connectivity index (χ3v) is 3.96. The summed E-state index contributed by atoms with van der Waals surface area (Å²) in [6, 6.07) is 12.7. The molecule has 5 nitrogen and oxygen atoms in total. The molecule has 0 aliphatic carbocycles. The van der Waals surface area contributed by atoms with Gasteiger partial charge >= 0.3 is 0 Å². The predicted molar refractivity (Wildman–Crippen MR) is 97.8 cm³/mol. The van der Waals surface area contributed by atoms with Crippen molar-refractivity contribution in [3.63, 3.8) is 0 Å². The normalized spacial score (nSPS) is 11.5. The maximum absolute atomic E-state index is 12.1. The Kier molecular flexibility index (Phi) is 6.95. The molecule has 0 bridgehead atoms. The van der Waals surface area contributed by atoms with Crippen LogP contribution in [0.25, 0.3) is 0 Å². The van der Waals surface area contributed by atoms with Gasteiger partial charge in [0.15, 0.2) is 17.6 Å². The molecule has 0 fully saturated rings. The number of methoxy groups -OCH3 is 1. The lowest BCUT2D eigenvalue weighted by Crippen LogP contribution is -2.38. The first-order valence-electron chi connectivity index (χ1n) is 7.97. The van der Waals surface area contributed by atoms with Crippen molar-refractivity contribution in [1.82, 2.24) is 5.32 Å². The van der Waals surface area contributed by atoms with Crippen LogP contribution in [0.1, 0.15) is 12.5 Å². The molecular formula is C19H22ClNO4. The topological polar surface area (TPSA) is 56.8 Å². The summed E-state index contributed by atoms with van der Waals surface area (Å²) in [6.07, 6.45) is -0.619. The van der Waals surface area contributed by atoms with Crippen LogP contribution in [-0.2, 0) is 4.79 Å². The van der Waals surface area contributed by atoms with Gasteiger partial charge in [0.05, 0.1) is 13.7 Å². The van der Waals surface area contributed by atoms with Gasteiger partial charge in [-0.05, 0) is 49.7 Å². The van der Waals surface area contributed by atoms with Crippen LogP contribution in [0.15, 0.2) is 42.5 Å². The molecule has 0 aliphatic heterocycles. The summed E-state index contributed by atoms with van der Waals surface area (Å²) < 4.78 is 16.4. The number of hydrogen-bond donors (Lipinski definition) is 1. The Balaban J connectivity index is 1.76. The summed E-state index contributed by atoms with van der Waals surface area (Å²) in [5, 5.41) is 3.45. The van der Waals surface area contributed by atoms with E-state index in [-0.39, 0.29) is 5.91 Å². The van der Waals surface area contributed by atoms with Crippen molar-refractivity contribution in [2.24, 2.45) is 0 Å². The zero-order chi connectivity index (χ0) is 18.2. The molecule has 134 valence electrons. The Labute approximate surface area is 152 Å². The van der Waals surface area contributed by atoms with Crippen LogP contribution in [0, 0.1) is 6.92 Å². The molecule has 0 saturated carbocycles. The van der Waals surface area contributed by atoms with Crippen molar-refractivity contribution in [3.8, 4) is 17.2 Å². The van der Waals surface area contributed by atoms with E-state index in [1.54, 1.807) is 32.2 Å². The van der Waals surface area contributed by atoms with Crippen LogP contribution in [0.3, 0.4) is 0 Å². The smallest absolute Gasteiger partial charge is 0.260 e. The van der Waals surface area contributed by atoms with E-state index in [4.69, 9.17) is 25.8 Å². The molecule has 0 unspecified atom stereocenters. The molecule has 0 heterocycles. The van der Waals surface area contributed by atoms with Gasteiger partial charge in [0.2, 0.25) is 0 Å². The van der Waals surface area contributed by atoms with Crippen LogP contribution in [0.4, 0.5) is 0 Å². The minimum atomic E-state index is -0.619. The number of nitrogens with one attached hydrogen (secondary N) is 1. The van der Waals surface area contributed by atoms with Crippen LogP contribution in [0.2, 0.25) is 5.02 Å². The second-order valence-corrected chi connectivity index (χ2v) is 5.87. The Bertz CT molecular complexity index is 720. The maximum Gasteiger partial charge on any atom is 0.260 e. The molecule has 1 amide bonds. The number of amides is 1. The summed E-state index contributed by atoms with van der Waals surface area (Å²) >= 11 is 5.98. The molecule has 25 heavy (non-hydrogen) atoms. The fraction of sp³-hybridized carbons (Fsp3) is 0.316. The molecule has 0 spiro atoms. The van der Waals surface area contributed by atoms with E-state index >= 15 is 0 Å². The van der Waals surface area contributed by atoms with Gasteiger partial charge < -0.3 is 19.5 Å². The van der Waals surface area contributed by atoms with E-state index < -0.39 is 6.10 Å². The molecule has 6 heteroatoms. The van der Waals surface area contributed by atoms with Crippen LogP contribution < -0.4 is 19.5 Å². The maximum atomic E-state index is 12.1. The number of rotatable bonds is 8. The summed E-state index contributed by atoms with van der Waals surface area (Å²) in [5.41, 5.74) is 0.900. The Hall–Kier alpha value is -2.40. The number of hydrogen-bond acceptors (Lipinski definition) is 4. The monoisotopic (exact) mass is 363 g/mol. The standard InChI is InChI=1S/C19H22ClNO4/c1-13-12-15(8-9-16(13)20)25-14(2)19(22)21-10-11-24-18-7-5-4-6-17(18)23-3/h4-9,12,14H,10-11H2,1-3H3,(H,21,22)/t14-/m1/s1. The lowest BCUT2D eigenvalue weighted by atomic mass is 10.2. The highest BCUT2D eigenvalue weighted by Crippen LogP contribution is 2.25. The van der Waals surface area contributed by atoms with Gasteiger partial charge in [-0.1, -0.05) is 23.7 Å². The zero-order valence-corrected chi connectivity index (χ0v) is 15.3.